The number of benzene rings is 2. The lowest BCUT2D eigenvalue weighted by molar-refractivity contribution is -0.175. The van der Waals surface area contributed by atoms with Crippen molar-refractivity contribution in [1.82, 2.24) is 0 Å². The fraction of sp³-hybridized carbons (Fsp3) is 0.211. The number of hydrogen-bond donors (Lipinski definition) is 1. The second-order valence-corrected chi connectivity index (χ2v) is 6.25. The van der Waals surface area contributed by atoms with Crippen molar-refractivity contribution >= 4 is 28.9 Å². The molecule has 0 saturated heterocycles. The van der Waals surface area contributed by atoms with Gasteiger partial charge in [0.25, 0.3) is 0 Å². The molecule has 1 heterocycles. The number of carbonyl (C=O) groups is 1. The van der Waals surface area contributed by atoms with Gasteiger partial charge in [-0.15, -0.1) is 11.8 Å². The molecule has 1 unspecified atom stereocenters. The minimum absolute atomic E-state index is 0.301. The zero-order valence-electron chi connectivity index (χ0n) is 13.1. The zero-order chi connectivity index (χ0) is 16.4. The summed E-state index contributed by atoms with van der Waals surface area (Å²) < 4.78 is 5.33. The van der Waals surface area contributed by atoms with E-state index in [2.05, 4.69) is 0 Å². The van der Waals surface area contributed by atoms with E-state index >= 15 is 0 Å². The monoisotopic (exact) mass is 326 g/mol. The molecule has 0 aromatic heterocycles. The number of hydrogen-bond acceptors (Lipinski definition) is 4. The molecule has 3 nitrogen and oxygen atoms in total. The summed E-state index contributed by atoms with van der Waals surface area (Å²) in [5.41, 5.74) is 2.54. The molecule has 23 heavy (non-hydrogen) atoms. The van der Waals surface area contributed by atoms with Crippen LogP contribution in [0.3, 0.4) is 0 Å². The zero-order valence-corrected chi connectivity index (χ0v) is 13.9. The van der Waals surface area contributed by atoms with E-state index in [9.17, 15) is 9.90 Å². The summed E-state index contributed by atoms with van der Waals surface area (Å²) in [5, 5.41) is 10.8. The highest BCUT2D eigenvalue weighted by Gasteiger charge is 2.46. The van der Waals surface area contributed by atoms with Crippen molar-refractivity contribution in [2.45, 2.75) is 24.0 Å². The Kier molecular flexibility index (Phi) is 4.28. The topological polar surface area (TPSA) is 46.5 Å². The lowest BCUT2D eigenvalue weighted by Gasteiger charge is -2.23. The lowest BCUT2D eigenvalue weighted by Crippen LogP contribution is -2.29. The van der Waals surface area contributed by atoms with E-state index in [4.69, 9.17) is 4.74 Å². The van der Waals surface area contributed by atoms with Gasteiger partial charge in [-0.2, -0.15) is 0 Å². The number of rotatable bonds is 4. The van der Waals surface area contributed by atoms with E-state index in [-0.39, 0.29) is 0 Å². The van der Waals surface area contributed by atoms with Crippen LogP contribution in [0.25, 0.3) is 11.1 Å². The highest BCUT2D eigenvalue weighted by Crippen LogP contribution is 2.44. The Morgan fingerprint density at radius 3 is 2.26 bits per heavy atom. The van der Waals surface area contributed by atoms with E-state index < -0.39 is 11.8 Å². The first-order chi connectivity index (χ1) is 11.1. The van der Waals surface area contributed by atoms with Crippen molar-refractivity contribution in [2.24, 2.45) is 0 Å². The van der Waals surface area contributed by atoms with Gasteiger partial charge in [0.1, 0.15) is 0 Å². The first-order valence-corrected chi connectivity index (χ1v) is 8.72. The van der Waals surface area contributed by atoms with Crippen LogP contribution in [-0.4, -0.2) is 23.1 Å². The van der Waals surface area contributed by atoms with E-state index in [0.717, 1.165) is 16.0 Å². The molecule has 1 aliphatic rings. The van der Waals surface area contributed by atoms with E-state index in [1.807, 2.05) is 60.9 Å². The molecule has 1 N–H and O–H groups in total. The first kappa shape index (κ1) is 15.8. The number of ether oxygens (including phenoxy) is 1. The van der Waals surface area contributed by atoms with Crippen LogP contribution in [0.5, 0.6) is 0 Å². The Morgan fingerprint density at radius 1 is 1.04 bits per heavy atom. The fourth-order valence-corrected chi connectivity index (χ4v) is 3.20. The largest absolute Gasteiger partial charge is 0.425 e. The molecule has 0 saturated carbocycles. The summed E-state index contributed by atoms with van der Waals surface area (Å²) in [7, 11) is 0. The van der Waals surface area contributed by atoms with Gasteiger partial charge in [0.05, 0.1) is 5.57 Å². The van der Waals surface area contributed by atoms with Crippen molar-refractivity contribution in [3.05, 3.63) is 65.7 Å². The summed E-state index contributed by atoms with van der Waals surface area (Å²) in [4.78, 5) is 13.6. The van der Waals surface area contributed by atoms with Gasteiger partial charge in [-0.1, -0.05) is 49.4 Å². The molecule has 2 aromatic carbocycles. The van der Waals surface area contributed by atoms with Crippen LogP contribution in [0.15, 0.2) is 59.5 Å². The molecule has 0 bridgehead atoms. The maximum Gasteiger partial charge on any atom is 0.342 e. The molecule has 4 heteroatoms. The van der Waals surface area contributed by atoms with Crippen LogP contribution in [0.4, 0.5) is 0 Å². The van der Waals surface area contributed by atoms with Crippen LogP contribution >= 0.6 is 11.8 Å². The van der Waals surface area contributed by atoms with Gasteiger partial charge >= 0.3 is 5.97 Å². The summed E-state index contributed by atoms with van der Waals surface area (Å²) in [6.45, 7) is 1.80. The third kappa shape index (κ3) is 2.80. The highest BCUT2D eigenvalue weighted by molar-refractivity contribution is 7.98. The van der Waals surface area contributed by atoms with Gasteiger partial charge in [-0.05, 0) is 29.5 Å². The molecular weight excluding hydrogens is 308 g/mol. The normalized spacial score (nSPS) is 20.7. The van der Waals surface area contributed by atoms with E-state index in [0.29, 0.717) is 17.6 Å². The van der Waals surface area contributed by atoms with Crippen LogP contribution in [-0.2, 0) is 9.53 Å². The maximum absolute atomic E-state index is 12.4. The predicted octanol–water partition coefficient (Wildman–Crippen LogP) is 3.97. The summed E-state index contributed by atoms with van der Waals surface area (Å²) >= 11 is 1.64. The van der Waals surface area contributed by atoms with Gasteiger partial charge in [-0.25, -0.2) is 4.79 Å². The van der Waals surface area contributed by atoms with E-state index in [1.165, 1.54) is 0 Å². The molecule has 0 fully saturated rings. The fourth-order valence-electron chi connectivity index (χ4n) is 2.80. The Hall–Kier alpha value is -2.04. The summed E-state index contributed by atoms with van der Waals surface area (Å²) in [6.07, 6.45) is 2.30. The first-order valence-electron chi connectivity index (χ1n) is 7.49. The minimum atomic E-state index is -1.58. The van der Waals surface area contributed by atoms with Gasteiger partial charge in [-0.3, -0.25) is 0 Å². The Bertz CT molecular complexity index is 750. The van der Waals surface area contributed by atoms with Crippen molar-refractivity contribution < 1.29 is 14.6 Å². The van der Waals surface area contributed by atoms with Crippen LogP contribution < -0.4 is 0 Å². The third-order valence-electron chi connectivity index (χ3n) is 4.03. The molecule has 1 atom stereocenters. The average molecular weight is 326 g/mol. The summed E-state index contributed by atoms with van der Waals surface area (Å²) in [5.74, 6) is -2.06. The minimum Gasteiger partial charge on any atom is -0.425 e. The summed E-state index contributed by atoms with van der Waals surface area (Å²) in [6, 6.07) is 17.2. The smallest absolute Gasteiger partial charge is 0.342 e. The Labute approximate surface area is 140 Å². The van der Waals surface area contributed by atoms with Crippen molar-refractivity contribution in [2.75, 3.05) is 6.26 Å². The molecule has 1 aliphatic heterocycles. The van der Waals surface area contributed by atoms with Crippen LogP contribution in [0, 0.1) is 0 Å². The van der Waals surface area contributed by atoms with Crippen molar-refractivity contribution in [3.8, 4) is 0 Å². The Morgan fingerprint density at radius 2 is 1.70 bits per heavy atom. The molecule has 0 spiro atoms. The van der Waals surface area contributed by atoms with Gasteiger partial charge in [0.2, 0.25) is 5.79 Å². The molecule has 0 aliphatic carbocycles. The molecule has 0 radical (unpaired) electrons. The molecular formula is C19H18O3S. The third-order valence-corrected chi connectivity index (χ3v) is 4.77. The van der Waals surface area contributed by atoms with Crippen LogP contribution in [0.2, 0.25) is 0 Å². The number of cyclic esters (lactones) is 1. The van der Waals surface area contributed by atoms with Crippen molar-refractivity contribution in [3.63, 3.8) is 0 Å². The second kappa shape index (κ2) is 6.22. The van der Waals surface area contributed by atoms with Crippen molar-refractivity contribution in [1.29, 1.82) is 0 Å². The predicted molar refractivity (Wildman–Crippen MR) is 92.8 cm³/mol. The van der Waals surface area contributed by atoms with Gasteiger partial charge in [0, 0.05) is 16.9 Å². The molecule has 0 amide bonds. The number of esters is 1. The van der Waals surface area contributed by atoms with Gasteiger partial charge < -0.3 is 9.84 Å². The standard InChI is InChI=1S/C19H18O3S/c1-3-19(21)17(14-7-5-4-6-8-14)16(18(20)22-19)13-9-11-15(23-2)12-10-13/h4-12,21H,3H2,1-2H3. The maximum atomic E-state index is 12.4. The SMILES string of the molecule is CCC1(O)OC(=O)C(c2ccc(SC)cc2)=C1c1ccccc1. The van der Waals surface area contributed by atoms with Crippen LogP contribution in [0.1, 0.15) is 24.5 Å². The number of thioether (sulfide) groups is 1. The Balaban J connectivity index is 2.21. The van der Waals surface area contributed by atoms with E-state index in [1.54, 1.807) is 18.7 Å². The lowest BCUT2D eigenvalue weighted by atomic mass is 9.90. The average Bonchev–Trinajstić information content (AvgIpc) is 2.87. The molecule has 3 rings (SSSR count). The molecule has 118 valence electrons. The number of carbonyl (C=O) groups excluding carboxylic acids is 1. The number of aliphatic hydroxyl groups is 1. The highest BCUT2D eigenvalue weighted by atomic mass is 32.2. The quantitative estimate of drug-likeness (QED) is 0.682. The van der Waals surface area contributed by atoms with Gasteiger partial charge in [0.15, 0.2) is 0 Å². The molecule has 2 aromatic rings. The second-order valence-electron chi connectivity index (χ2n) is 5.37.